The van der Waals surface area contributed by atoms with E-state index in [1.165, 1.54) is 12.8 Å². The predicted octanol–water partition coefficient (Wildman–Crippen LogP) is 1.64. The van der Waals surface area contributed by atoms with Crippen LogP contribution in [0.3, 0.4) is 0 Å². The van der Waals surface area contributed by atoms with Gasteiger partial charge in [-0.15, -0.1) is 0 Å². The lowest BCUT2D eigenvalue weighted by Crippen LogP contribution is -2.13. The molecule has 0 aliphatic carbocycles. The molecule has 0 aliphatic rings. The van der Waals surface area contributed by atoms with Crippen molar-refractivity contribution >= 4 is 0 Å². The van der Waals surface area contributed by atoms with Gasteiger partial charge in [0.25, 0.3) is 0 Å². The zero-order chi connectivity index (χ0) is 8.69. The number of hydrogen-bond acceptors (Lipinski definition) is 2. The zero-order valence-electron chi connectivity index (χ0n) is 7.97. The summed E-state index contributed by atoms with van der Waals surface area (Å²) in [6.07, 6.45) is 2.45. The number of methoxy groups -OCH3 is 1. The standard InChI is InChI=1S/C9H21NO/c1-8(6-10)4-5-9(2)7-11-3/h8-9H,4-7,10H2,1-3H3. The Bertz CT molecular complexity index is 85.6. The molecule has 0 bridgehead atoms. The van der Waals surface area contributed by atoms with E-state index in [2.05, 4.69) is 13.8 Å². The molecule has 2 heteroatoms. The van der Waals surface area contributed by atoms with Crippen LogP contribution in [0.4, 0.5) is 0 Å². The van der Waals surface area contributed by atoms with Crippen molar-refractivity contribution in [3.8, 4) is 0 Å². The highest BCUT2D eigenvalue weighted by atomic mass is 16.5. The van der Waals surface area contributed by atoms with E-state index in [1.807, 2.05) is 0 Å². The molecule has 0 heterocycles. The van der Waals surface area contributed by atoms with Crippen molar-refractivity contribution in [2.24, 2.45) is 17.6 Å². The third-order valence-electron chi connectivity index (χ3n) is 2.01. The third kappa shape index (κ3) is 6.32. The smallest absolute Gasteiger partial charge is 0.0487 e. The van der Waals surface area contributed by atoms with Crippen LogP contribution >= 0.6 is 0 Å². The van der Waals surface area contributed by atoms with Crippen LogP contribution in [-0.2, 0) is 4.74 Å². The van der Waals surface area contributed by atoms with Gasteiger partial charge in [-0.2, -0.15) is 0 Å². The number of hydrogen-bond donors (Lipinski definition) is 1. The molecule has 0 aromatic carbocycles. The van der Waals surface area contributed by atoms with Crippen molar-refractivity contribution in [3.63, 3.8) is 0 Å². The van der Waals surface area contributed by atoms with Crippen LogP contribution in [0.25, 0.3) is 0 Å². The largest absolute Gasteiger partial charge is 0.384 e. The molecular weight excluding hydrogens is 138 g/mol. The van der Waals surface area contributed by atoms with Gasteiger partial charge in [-0.1, -0.05) is 13.8 Å². The van der Waals surface area contributed by atoms with Crippen LogP contribution < -0.4 is 5.73 Å². The van der Waals surface area contributed by atoms with Crippen molar-refractivity contribution in [1.29, 1.82) is 0 Å². The molecule has 0 radical (unpaired) electrons. The second-order valence-corrected chi connectivity index (χ2v) is 3.48. The highest BCUT2D eigenvalue weighted by molar-refractivity contribution is 4.57. The fourth-order valence-corrected chi connectivity index (χ4v) is 1.05. The van der Waals surface area contributed by atoms with E-state index in [9.17, 15) is 0 Å². The van der Waals surface area contributed by atoms with Crippen molar-refractivity contribution in [2.45, 2.75) is 26.7 Å². The Morgan fingerprint density at radius 3 is 2.18 bits per heavy atom. The van der Waals surface area contributed by atoms with Gasteiger partial charge < -0.3 is 10.5 Å². The molecule has 11 heavy (non-hydrogen) atoms. The summed E-state index contributed by atoms with van der Waals surface area (Å²) in [6.45, 7) is 6.09. The molecule has 0 saturated carbocycles. The molecule has 2 N–H and O–H groups in total. The van der Waals surface area contributed by atoms with Crippen LogP contribution in [-0.4, -0.2) is 20.3 Å². The topological polar surface area (TPSA) is 35.2 Å². The molecule has 68 valence electrons. The summed E-state index contributed by atoms with van der Waals surface area (Å²) >= 11 is 0. The Morgan fingerprint density at radius 2 is 1.73 bits per heavy atom. The molecule has 0 fully saturated rings. The van der Waals surface area contributed by atoms with Gasteiger partial charge in [0.2, 0.25) is 0 Å². The van der Waals surface area contributed by atoms with E-state index >= 15 is 0 Å². The Hall–Kier alpha value is -0.0800. The molecule has 0 spiro atoms. The van der Waals surface area contributed by atoms with Gasteiger partial charge in [0.05, 0.1) is 0 Å². The minimum absolute atomic E-state index is 0.661. The lowest BCUT2D eigenvalue weighted by Gasteiger charge is -2.12. The normalized spacial score (nSPS) is 16.4. The van der Waals surface area contributed by atoms with Gasteiger partial charge in [0, 0.05) is 13.7 Å². The molecule has 0 aromatic heterocycles. The number of ether oxygens (including phenoxy) is 1. The van der Waals surface area contributed by atoms with Gasteiger partial charge in [0.1, 0.15) is 0 Å². The van der Waals surface area contributed by atoms with Crippen LogP contribution in [0.5, 0.6) is 0 Å². The van der Waals surface area contributed by atoms with Crippen molar-refractivity contribution in [2.75, 3.05) is 20.3 Å². The molecule has 0 aliphatic heterocycles. The van der Waals surface area contributed by atoms with Crippen LogP contribution in [0.1, 0.15) is 26.7 Å². The molecule has 2 atom stereocenters. The zero-order valence-corrected chi connectivity index (χ0v) is 7.97. The summed E-state index contributed by atoms with van der Waals surface area (Å²) in [6, 6.07) is 0. The fourth-order valence-electron chi connectivity index (χ4n) is 1.05. The van der Waals surface area contributed by atoms with Crippen LogP contribution in [0.15, 0.2) is 0 Å². The second-order valence-electron chi connectivity index (χ2n) is 3.48. The maximum Gasteiger partial charge on any atom is 0.0487 e. The predicted molar refractivity (Wildman–Crippen MR) is 48.5 cm³/mol. The fraction of sp³-hybridized carbons (Fsp3) is 1.00. The average Bonchev–Trinajstić information content (AvgIpc) is 2.01. The molecular formula is C9H21NO. The molecule has 2 unspecified atom stereocenters. The van der Waals surface area contributed by atoms with Crippen molar-refractivity contribution < 1.29 is 4.74 Å². The van der Waals surface area contributed by atoms with Crippen LogP contribution in [0.2, 0.25) is 0 Å². The maximum absolute atomic E-state index is 5.50. The Labute approximate surface area is 70.1 Å². The van der Waals surface area contributed by atoms with Crippen molar-refractivity contribution in [1.82, 2.24) is 0 Å². The third-order valence-corrected chi connectivity index (χ3v) is 2.01. The van der Waals surface area contributed by atoms with E-state index in [-0.39, 0.29) is 0 Å². The number of rotatable bonds is 6. The Kier molecular flexibility index (Phi) is 6.57. The van der Waals surface area contributed by atoms with E-state index in [0.717, 1.165) is 13.2 Å². The number of nitrogens with two attached hydrogens (primary N) is 1. The molecule has 0 rings (SSSR count). The minimum atomic E-state index is 0.661. The lowest BCUT2D eigenvalue weighted by molar-refractivity contribution is 0.152. The Balaban J connectivity index is 3.22. The maximum atomic E-state index is 5.50. The molecule has 0 aromatic rings. The summed E-state index contributed by atoms with van der Waals surface area (Å²) in [5.41, 5.74) is 5.50. The van der Waals surface area contributed by atoms with Crippen molar-refractivity contribution in [3.05, 3.63) is 0 Å². The first kappa shape index (κ1) is 10.9. The minimum Gasteiger partial charge on any atom is -0.384 e. The van der Waals surface area contributed by atoms with Gasteiger partial charge in [-0.3, -0.25) is 0 Å². The summed E-state index contributed by atoms with van der Waals surface area (Å²) < 4.78 is 5.04. The summed E-state index contributed by atoms with van der Waals surface area (Å²) in [5.74, 6) is 1.34. The van der Waals surface area contributed by atoms with E-state index < -0.39 is 0 Å². The van der Waals surface area contributed by atoms with E-state index in [0.29, 0.717) is 11.8 Å². The highest BCUT2D eigenvalue weighted by Gasteiger charge is 2.04. The first-order valence-corrected chi connectivity index (χ1v) is 4.39. The first-order valence-electron chi connectivity index (χ1n) is 4.39. The van der Waals surface area contributed by atoms with E-state index in [4.69, 9.17) is 10.5 Å². The molecule has 2 nitrogen and oxygen atoms in total. The van der Waals surface area contributed by atoms with Gasteiger partial charge in [0.15, 0.2) is 0 Å². The molecule has 0 saturated heterocycles. The van der Waals surface area contributed by atoms with E-state index in [1.54, 1.807) is 7.11 Å². The second kappa shape index (κ2) is 6.62. The van der Waals surface area contributed by atoms with Gasteiger partial charge in [-0.25, -0.2) is 0 Å². The summed E-state index contributed by atoms with van der Waals surface area (Å²) in [5, 5.41) is 0. The first-order chi connectivity index (χ1) is 5.20. The monoisotopic (exact) mass is 159 g/mol. The Morgan fingerprint density at radius 1 is 1.18 bits per heavy atom. The quantitative estimate of drug-likeness (QED) is 0.639. The summed E-state index contributed by atoms with van der Waals surface area (Å²) in [4.78, 5) is 0. The highest BCUT2D eigenvalue weighted by Crippen LogP contribution is 2.11. The van der Waals surface area contributed by atoms with Crippen LogP contribution in [0, 0.1) is 11.8 Å². The van der Waals surface area contributed by atoms with Gasteiger partial charge >= 0.3 is 0 Å². The van der Waals surface area contributed by atoms with Gasteiger partial charge in [-0.05, 0) is 31.2 Å². The summed E-state index contributed by atoms with van der Waals surface area (Å²) in [7, 11) is 1.75. The SMILES string of the molecule is COCC(C)CCC(C)CN. The lowest BCUT2D eigenvalue weighted by atomic mass is 9.99. The molecule has 0 amide bonds. The average molecular weight is 159 g/mol.